The monoisotopic (exact) mass is 250 g/mol. The van der Waals surface area contributed by atoms with E-state index in [1.54, 1.807) is 0 Å². The highest BCUT2D eigenvalue weighted by Crippen LogP contribution is 2.27. The molecule has 4 atom stereocenters. The Morgan fingerprint density at radius 2 is 0.667 bits per heavy atom. The van der Waals surface area contributed by atoms with Crippen LogP contribution < -0.4 is 10.6 Å². The van der Waals surface area contributed by atoms with Gasteiger partial charge in [-0.25, -0.2) is 0 Å². The number of hydrogen-bond acceptors (Lipinski definition) is 2. The number of fused-ring (bicyclic) bond motifs is 2. The molecule has 0 aromatic heterocycles. The Labute approximate surface area is 112 Å². The lowest BCUT2D eigenvalue weighted by atomic mass is 9.83. The molecule has 104 valence electrons. The molecule has 4 unspecified atom stereocenters. The van der Waals surface area contributed by atoms with Gasteiger partial charge in [-0.15, -0.1) is 0 Å². The van der Waals surface area contributed by atoms with Crippen LogP contribution in [0.2, 0.25) is 0 Å². The number of piperazine rings is 1. The zero-order valence-corrected chi connectivity index (χ0v) is 11.8. The highest BCUT2D eigenvalue weighted by atomic mass is 15.1. The van der Waals surface area contributed by atoms with Gasteiger partial charge in [0.05, 0.1) is 0 Å². The van der Waals surface area contributed by atoms with Crippen molar-refractivity contribution in [2.45, 2.75) is 101 Å². The summed E-state index contributed by atoms with van der Waals surface area (Å²) in [4.78, 5) is 0. The van der Waals surface area contributed by atoms with Crippen LogP contribution >= 0.6 is 0 Å². The van der Waals surface area contributed by atoms with Gasteiger partial charge in [0.15, 0.2) is 0 Å². The van der Waals surface area contributed by atoms with Gasteiger partial charge in [-0.05, 0) is 25.7 Å². The van der Waals surface area contributed by atoms with Crippen LogP contribution in [0.1, 0.15) is 77.0 Å². The Balaban J connectivity index is 1.64. The van der Waals surface area contributed by atoms with Gasteiger partial charge in [-0.1, -0.05) is 51.4 Å². The van der Waals surface area contributed by atoms with E-state index in [1.165, 1.54) is 77.0 Å². The molecule has 0 spiro atoms. The van der Waals surface area contributed by atoms with Gasteiger partial charge in [-0.3, -0.25) is 0 Å². The Bertz CT molecular complexity index is 203. The highest BCUT2D eigenvalue weighted by molar-refractivity contribution is 4.98. The summed E-state index contributed by atoms with van der Waals surface area (Å²) >= 11 is 0. The second-order valence-electron chi connectivity index (χ2n) is 6.74. The zero-order valence-electron chi connectivity index (χ0n) is 11.8. The van der Waals surface area contributed by atoms with Crippen LogP contribution in [0.4, 0.5) is 0 Å². The van der Waals surface area contributed by atoms with E-state index in [4.69, 9.17) is 0 Å². The van der Waals surface area contributed by atoms with E-state index in [2.05, 4.69) is 10.6 Å². The SMILES string of the molecule is C1CCCC2NC3CCCCCCC3NC2CC1. The fraction of sp³-hybridized carbons (Fsp3) is 1.00. The van der Waals surface area contributed by atoms with Gasteiger partial charge in [0.1, 0.15) is 0 Å². The topological polar surface area (TPSA) is 24.1 Å². The number of hydrogen-bond donors (Lipinski definition) is 2. The minimum atomic E-state index is 0.769. The van der Waals surface area contributed by atoms with Gasteiger partial charge in [-0.2, -0.15) is 0 Å². The fourth-order valence-corrected chi connectivity index (χ4v) is 4.32. The molecule has 0 bridgehead atoms. The molecule has 2 N–H and O–H groups in total. The lowest BCUT2D eigenvalue weighted by molar-refractivity contribution is 0.159. The van der Waals surface area contributed by atoms with Crippen molar-refractivity contribution < 1.29 is 0 Å². The van der Waals surface area contributed by atoms with E-state index in [0.717, 1.165) is 24.2 Å². The van der Waals surface area contributed by atoms with Crippen molar-refractivity contribution in [2.24, 2.45) is 0 Å². The molecule has 3 rings (SSSR count). The molecular formula is C16H30N2. The maximum absolute atomic E-state index is 4.03. The Hall–Kier alpha value is -0.0800. The molecular weight excluding hydrogens is 220 g/mol. The Morgan fingerprint density at radius 1 is 0.389 bits per heavy atom. The van der Waals surface area contributed by atoms with E-state index in [-0.39, 0.29) is 0 Å². The zero-order chi connectivity index (χ0) is 12.2. The molecule has 0 radical (unpaired) electrons. The Morgan fingerprint density at radius 3 is 0.944 bits per heavy atom. The summed E-state index contributed by atoms with van der Waals surface area (Å²) in [6, 6.07) is 3.08. The molecule has 2 saturated carbocycles. The lowest BCUT2D eigenvalue weighted by Gasteiger charge is -2.45. The first-order chi connectivity index (χ1) is 8.93. The van der Waals surface area contributed by atoms with Gasteiger partial charge in [0.25, 0.3) is 0 Å². The van der Waals surface area contributed by atoms with Gasteiger partial charge < -0.3 is 10.6 Å². The molecule has 0 aromatic rings. The average Bonchev–Trinajstić information content (AvgIpc) is 2.32. The van der Waals surface area contributed by atoms with Gasteiger partial charge >= 0.3 is 0 Å². The second-order valence-corrected chi connectivity index (χ2v) is 6.74. The molecule has 2 nitrogen and oxygen atoms in total. The quantitative estimate of drug-likeness (QED) is 0.689. The highest BCUT2D eigenvalue weighted by Gasteiger charge is 2.35. The van der Waals surface area contributed by atoms with Crippen LogP contribution in [0.15, 0.2) is 0 Å². The van der Waals surface area contributed by atoms with Crippen molar-refractivity contribution in [3.05, 3.63) is 0 Å². The predicted octanol–water partition coefficient (Wildman–Crippen LogP) is 3.36. The van der Waals surface area contributed by atoms with Crippen LogP contribution in [-0.2, 0) is 0 Å². The maximum Gasteiger partial charge on any atom is 0.0224 e. The summed E-state index contributed by atoms with van der Waals surface area (Å²) in [5.41, 5.74) is 0. The minimum Gasteiger partial charge on any atom is -0.308 e. The first-order valence-corrected chi connectivity index (χ1v) is 8.45. The first-order valence-electron chi connectivity index (χ1n) is 8.45. The molecule has 0 aromatic carbocycles. The number of rotatable bonds is 0. The molecule has 1 saturated heterocycles. The van der Waals surface area contributed by atoms with E-state index in [9.17, 15) is 0 Å². The smallest absolute Gasteiger partial charge is 0.0224 e. The lowest BCUT2D eigenvalue weighted by Crippen LogP contribution is -2.66. The minimum absolute atomic E-state index is 0.769. The van der Waals surface area contributed by atoms with Crippen molar-refractivity contribution in [1.82, 2.24) is 10.6 Å². The number of nitrogens with one attached hydrogen (secondary N) is 2. The van der Waals surface area contributed by atoms with Crippen LogP contribution in [0.3, 0.4) is 0 Å². The molecule has 0 amide bonds. The van der Waals surface area contributed by atoms with Crippen molar-refractivity contribution >= 4 is 0 Å². The third kappa shape index (κ3) is 3.08. The third-order valence-corrected chi connectivity index (χ3v) is 5.39. The normalized spacial score (nSPS) is 42.7. The van der Waals surface area contributed by atoms with Crippen LogP contribution in [0.5, 0.6) is 0 Å². The first kappa shape index (κ1) is 12.9. The third-order valence-electron chi connectivity index (χ3n) is 5.39. The summed E-state index contributed by atoms with van der Waals surface area (Å²) in [5, 5.41) is 8.06. The van der Waals surface area contributed by atoms with Crippen molar-refractivity contribution in [3.8, 4) is 0 Å². The predicted molar refractivity (Wildman–Crippen MR) is 76.8 cm³/mol. The van der Waals surface area contributed by atoms with E-state index >= 15 is 0 Å². The fourth-order valence-electron chi connectivity index (χ4n) is 4.32. The molecule has 2 heteroatoms. The van der Waals surface area contributed by atoms with E-state index in [0.29, 0.717) is 0 Å². The molecule has 1 aliphatic heterocycles. The van der Waals surface area contributed by atoms with Crippen molar-refractivity contribution in [2.75, 3.05) is 0 Å². The standard InChI is InChI=1S/C16H30N2/c1-2-6-10-14-13(9-5-1)17-15-11-7-3-4-8-12-16(15)18-14/h13-18H,1-12H2. The van der Waals surface area contributed by atoms with Crippen molar-refractivity contribution in [3.63, 3.8) is 0 Å². The maximum atomic E-state index is 4.03. The summed E-state index contributed by atoms with van der Waals surface area (Å²) in [6.45, 7) is 0. The van der Waals surface area contributed by atoms with Gasteiger partial charge in [0, 0.05) is 24.2 Å². The Kier molecular flexibility index (Phi) is 4.58. The van der Waals surface area contributed by atoms with Gasteiger partial charge in [0.2, 0.25) is 0 Å². The van der Waals surface area contributed by atoms with Crippen LogP contribution in [-0.4, -0.2) is 24.2 Å². The summed E-state index contributed by atoms with van der Waals surface area (Å²) in [5.74, 6) is 0. The van der Waals surface area contributed by atoms with E-state index in [1.807, 2.05) is 0 Å². The largest absolute Gasteiger partial charge is 0.308 e. The van der Waals surface area contributed by atoms with Crippen LogP contribution in [0, 0.1) is 0 Å². The summed E-state index contributed by atoms with van der Waals surface area (Å²) in [7, 11) is 0. The second kappa shape index (κ2) is 6.38. The van der Waals surface area contributed by atoms with E-state index < -0.39 is 0 Å². The molecule has 3 fully saturated rings. The molecule has 18 heavy (non-hydrogen) atoms. The summed E-state index contributed by atoms with van der Waals surface area (Å²) in [6.07, 6.45) is 17.2. The average molecular weight is 250 g/mol. The molecule has 2 aliphatic carbocycles. The van der Waals surface area contributed by atoms with Crippen LogP contribution in [0.25, 0.3) is 0 Å². The molecule has 1 heterocycles. The molecule has 3 aliphatic rings. The van der Waals surface area contributed by atoms with Crippen molar-refractivity contribution in [1.29, 1.82) is 0 Å². The summed E-state index contributed by atoms with van der Waals surface area (Å²) < 4.78 is 0.